The lowest BCUT2D eigenvalue weighted by molar-refractivity contribution is -0.169. The van der Waals surface area contributed by atoms with Gasteiger partial charge in [-0.1, -0.05) is 6.42 Å². The van der Waals surface area contributed by atoms with Crippen molar-refractivity contribution in [3.05, 3.63) is 17.8 Å². The van der Waals surface area contributed by atoms with E-state index < -0.39 is 0 Å². The van der Waals surface area contributed by atoms with Crippen LogP contribution in [0.25, 0.3) is 0 Å². The highest BCUT2D eigenvalue weighted by atomic mass is 16.5. The Morgan fingerprint density at radius 2 is 2.35 bits per heavy atom. The average Bonchev–Trinajstić information content (AvgIpc) is 3.14. The van der Waals surface area contributed by atoms with E-state index in [4.69, 9.17) is 13.9 Å². The minimum Gasteiger partial charge on any atom is -0.445 e. The second kappa shape index (κ2) is 5.91. The van der Waals surface area contributed by atoms with Crippen molar-refractivity contribution in [2.45, 2.75) is 63.7 Å². The minimum atomic E-state index is -0.143. The quantitative estimate of drug-likeness (QED) is 0.902. The third kappa shape index (κ3) is 2.39. The number of amides is 1. The lowest BCUT2D eigenvalue weighted by atomic mass is 9.51. The van der Waals surface area contributed by atoms with E-state index in [1.54, 1.807) is 0 Å². The van der Waals surface area contributed by atoms with Crippen molar-refractivity contribution in [3.8, 4) is 0 Å². The van der Waals surface area contributed by atoms with Gasteiger partial charge in [0.05, 0.1) is 6.10 Å². The summed E-state index contributed by atoms with van der Waals surface area (Å²) in [5.74, 6) is 0.429. The van der Waals surface area contributed by atoms with Crippen LogP contribution < -0.4 is 5.32 Å². The molecule has 1 aromatic rings. The standard InChI is InChI=1S/C17H24N2O4/c1-2-21-13-9-12(17(13)6-4-7-17)19-16(20)14-15(23-10-18-14)11-5-3-8-22-11/h10-13H,2-9H2,1H3,(H,19,20)/t11-,12-,13+/m0/s1. The van der Waals surface area contributed by atoms with Crippen LogP contribution in [0, 0.1) is 5.41 Å². The first kappa shape index (κ1) is 15.1. The summed E-state index contributed by atoms with van der Waals surface area (Å²) in [7, 11) is 0. The zero-order valence-electron chi connectivity index (χ0n) is 13.5. The second-order valence-corrected chi connectivity index (χ2v) is 6.86. The van der Waals surface area contributed by atoms with E-state index in [0.29, 0.717) is 24.2 Å². The predicted molar refractivity (Wildman–Crippen MR) is 82.0 cm³/mol. The van der Waals surface area contributed by atoms with E-state index >= 15 is 0 Å². The van der Waals surface area contributed by atoms with Gasteiger partial charge in [0.15, 0.2) is 17.8 Å². The molecule has 126 valence electrons. The topological polar surface area (TPSA) is 73.6 Å². The number of oxazole rings is 1. The molecule has 1 saturated heterocycles. The van der Waals surface area contributed by atoms with Crippen LogP contribution in [0.3, 0.4) is 0 Å². The number of rotatable bonds is 5. The predicted octanol–water partition coefficient (Wildman–Crippen LogP) is 2.60. The third-order valence-electron chi connectivity index (χ3n) is 5.77. The van der Waals surface area contributed by atoms with Crippen molar-refractivity contribution < 1.29 is 18.7 Å². The van der Waals surface area contributed by atoms with Gasteiger partial charge in [0.25, 0.3) is 5.91 Å². The normalized spacial score (nSPS) is 31.6. The Balaban J connectivity index is 1.44. The Hall–Kier alpha value is -1.40. The van der Waals surface area contributed by atoms with Crippen LogP contribution in [0.1, 0.15) is 67.8 Å². The lowest BCUT2D eigenvalue weighted by Gasteiger charge is -2.60. The molecule has 3 fully saturated rings. The van der Waals surface area contributed by atoms with Gasteiger partial charge < -0.3 is 19.2 Å². The van der Waals surface area contributed by atoms with Crippen LogP contribution >= 0.6 is 0 Å². The molecule has 23 heavy (non-hydrogen) atoms. The molecule has 6 heteroatoms. The summed E-state index contributed by atoms with van der Waals surface area (Å²) in [4.78, 5) is 16.8. The summed E-state index contributed by atoms with van der Waals surface area (Å²) in [6, 6.07) is 0.189. The van der Waals surface area contributed by atoms with E-state index in [9.17, 15) is 4.79 Å². The summed E-state index contributed by atoms with van der Waals surface area (Å²) >= 11 is 0. The zero-order valence-corrected chi connectivity index (χ0v) is 13.5. The highest BCUT2D eigenvalue weighted by Crippen LogP contribution is 2.57. The van der Waals surface area contributed by atoms with E-state index in [1.807, 2.05) is 6.92 Å². The van der Waals surface area contributed by atoms with Gasteiger partial charge in [0.1, 0.15) is 6.10 Å². The minimum absolute atomic E-state index is 0.131. The van der Waals surface area contributed by atoms with Gasteiger partial charge in [-0.05, 0) is 39.0 Å². The Morgan fingerprint density at radius 3 is 3.00 bits per heavy atom. The van der Waals surface area contributed by atoms with E-state index in [2.05, 4.69) is 10.3 Å². The van der Waals surface area contributed by atoms with Crippen LogP contribution in [0.4, 0.5) is 0 Å². The summed E-state index contributed by atoms with van der Waals surface area (Å²) in [6.45, 7) is 3.48. The Morgan fingerprint density at radius 1 is 1.48 bits per heavy atom. The first-order valence-electron chi connectivity index (χ1n) is 8.72. The highest BCUT2D eigenvalue weighted by Gasteiger charge is 2.59. The monoisotopic (exact) mass is 320 g/mol. The molecule has 3 atom stereocenters. The summed E-state index contributed by atoms with van der Waals surface area (Å²) in [5.41, 5.74) is 0.533. The number of hydrogen-bond donors (Lipinski definition) is 1. The Bertz CT molecular complexity index is 575. The van der Waals surface area contributed by atoms with Gasteiger partial charge in [0, 0.05) is 24.7 Å². The number of hydrogen-bond acceptors (Lipinski definition) is 5. The molecular formula is C17H24N2O4. The van der Waals surface area contributed by atoms with Gasteiger partial charge in [0.2, 0.25) is 0 Å². The molecule has 1 spiro atoms. The zero-order chi connectivity index (χ0) is 15.9. The molecule has 2 aliphatic carbocycles. The molecule has 4 rings (SSSR count). The van der Waals surface area contributed by atoms with Gasteiger partial charge >= 0.3 is 0 Å². The fourth-order valence-electron chi connectivity index (χ4n) is 4.31. The van der Waals surface area contributed by atoms with Crippen LogP contribution in [0.5, 0.6) is 0 Å². The van der Waals surface area contributed by atoms with E-state index in [0.717, 1.165) is 38.7 Å². The number of carbonyl (C=O) groups is 1. The molecular weight excluding hydrogens is 296 g/mol. The Kier molecular flexibility index (Phi) is 3.89. The molecule has 0 unspecified atom stereocenters. The van der Waals surface area contributed by atoms with Gasteiger partial charge in [-0.2, -0.15) is 0 Å². The van der Waals surface area contributed by atoms with Crippen LogP contribution in [0.15, 0.2) is 10.8 Å². The van der Waals surface area contributed by atoms with Crippen molar-refractivity contribution in [1.82, 2.24) is 10.3 Å². The number of aromatic nitrogens is 1. The molecule has 1 aromatic heterocycles. The maximum Gasteiger partial charge on any atom is 0.273 e. The lowest BCUT2D eigenvalue weighted by Crippen LogP contribution is -2.67. The smallest absolute Gasteiger partial charge is 0.273 e. The highest BCUT2D eigenvalue weighted by molar-refractivity contribution is 5.93. The molecule has 1 N–H and O–H groups in total. The molecule has 0 radical (unpaired) electrons. The maximum absolute atomic E-state index is 12.6. The fourth-order valence-corrected chi connectivity index (χ4v) is 4.31. The largest absolute Gasteiger partial charge is 0.445 e. The second-order valence-electron chi connectivity index (χ2n) is 6.86. The maximum atomic E-state index is 12.6. The number of nitrogens with zero attached hydrogens (tertiary/aromatic N) is 1. The molecule has 1 aliphatic heterocycles. The van der Waals surface area contributed by atoms with Crippen molar-refractivity contribution >= 4 is 5.91 Å². The first-order chi connectivity index (χ1) is 11.2. The number of carbonyl (C=O) groups excluding carboxylic acids is 1. The van der Waals surface area contributed by atoms with Crippen LogP contribution in [-0.4, -0.2) is 36.3 Å². The van der Waals surface area contributed by atoms with Crippen molar-refractivity contribution in [1.29, 1.82) is 0 Å². The molecule has 6 nitrogen and oxygen atoms in total. The molecule has 0 bridgehead atoms. The number of ether oxygens (including phenoxy) is 2. The molecule has 3 aliphatic rings. The third-order valence-corrected chi connectivity index (χ3v) is 5.77. The molecule has 1 amide bonds. The average molecular weight is 320 g/mol. The van der Waals surface area contributed by atoms with E-state index in [1.165, 1.54) is 12.8 Å². The van der Waals surface area contributed by atoms with E-state index in [-0.39, 0.29) is 23.5 Å². The summed E-state index contributed by atoms with van der Waals surface area (Å²) < 4.78 is 16.9. The first-order valence-corrected chi connectivity index (χ1v) is 8.72. The van der Waals surface area contributed by atoms with Crippen molar-refractivity contribution in [2.24, 2.45) is 5.41 Å². The summed E-state index contributed by atoms with van der Waals surface area (Å²) in [6.07, 6.45) is 7.78. The van der Waals surface area contributed by atoms with Crippen LogP contribution in [0.2, 0.25) is 0 Å². The Labute approximate surface area is 135 Å². The van der Waals surface area contributed by atoms with Crippen molar-refractivity contribution in [2.75, 3.05) is 13.2 Å². The fraction of sp³-hybridized carbons (Fsp3) is 0.765. The SMILES string of the molecule is CCO[C@@H]1C[C@H](NC(=O)c2ncoc2[C@@H]2CCCO2)C12CCC2. The molecule has 2 heterocycles. The summed E-state index contributed by atoms with van der Waals surface area (Å²) in [5, 5.41) is 3.17. The van der Waals surface area contributed by atoms with Crippen molar-refractivity contribution in [3.63, 3.8) is 0 Å². The molecule has 0 aromatic carbocycles. The molecule has 2 saturated carbocycles. The van der Waals surface area contributed by atoms with Crippen LogP contribution in [-0.2, 0) is 9.47 Å². The van der Waals surface area contributed by atoms with Gasteiger partial charge in [-0.3, -0.25) is 4.79 Å². The van der Waals surface area contributed by atoms with Gasteiger partial charge in [-0.15, -0.1) is 0 Å². The van der Waals surface area contributed by atoms with Gasteiger partial charge in [-0.25, -0.2) is 4.98 Å². The number of nitrogens with one attached hydrogen (secondary N) is 1.